The third kappa shape index (κ3) is 7.25. The fourth-order valence-electron chi connectivity index (χ4n) is 3.66. The predicted molar refractivity (Wildman–Crippen MR) is 126 cm³/mol. The van der Waals surface area contributed by atoms with Crippen LogP contribution >= 0.6 is 0 Å². The second-order valence-corrected chi connectivity index (χ2v) is 8.43. The van der Waals surface area contributed by atoms with E-state index >= 15 is 0 Å². The number of ether oxygens (including phenoxy) is 5. The van der Waals surface area contributed by atoms with Gasteiger partial charge in [-0.3, -0.25) is 4.79 Å². The van der Waals surface area contributed by atoms with Crippen LogP contribution in [-0.2, 0) is 25.2 Å². The molecule has 1 aromatic heterocycles. The largest absolute Gasteiger partial charge is 0.503 e. The number of carbonyl (C=O) groups excluding carboxylic acids is 2. The number of carbonyl (C=O) groups is 2. The Hall–Kier alpha value is -3.58. The molecule has 4 unspecified atom stereocenters. The zero-order chi connectivity index (χ0) is 27.9. The van der Waals surface area contributed by atoms with Crippen molar-refractivity contribution in [3.8, 4) is 17.2 Å². The maximum Gasteiger partial charge on any atom is 0.416 e. The van der Waals surface area contributed by atoms with Gasteiger partial charge in [-0.05, 0) is 37.6 Å². The Morgan fingerprint density at radius 1 is 1.21 bits per heavy atom. The summed E-state index contributed by atoms with van der Waals surface area (Å²) in [6.45, 7) is 3.39. The van der Waals surface area contributed by atoms with Crippen LogP contribution in [0.4, 0.5) is 13.2 Å². The Balaban J connectivity index is 1.78. The molecular weight excluding hydrogens is 513 g/mol. The quantitative estimate of drug-likeness (QED) is 0.484. The van der Waals surface area contributed by atoms with Crippen molar-refractivity contribution in [1.29, 1.82) is 0 Å². The smallest absolute Gasteiger partial charge is 0.416 e. The first-order chi connectivity index (χ1) is 18.0. The number of pyridine rings is 1. The number of aromatic nitrogens is 1. The normalized spacial score (nSPS) is 22.4. The average Bonchev–Trinajstić information content (AvgIpc) is 2.92. The van der Waals surface area contributed by atoms with Crippen molar-refractivity contribution in [2.75, 3.05) is 26.9 Å². The summed E-state index contributed by atoms with van der Waals surface area (Å²) in [6.07, 6.45) is -5.23. The third-order valence-electron chi connectivity index (χ3n) is 5.60. The number of nitrogens with one attached hydrogen (secondary N) is 1. The van der Waals surface area contributed by atoms with Gasteiger partial charge in [0, 0.05) is 18.9 Å². The lowest BCUT2D eigenvalue weighted by atomic mass is 10.1. The highest BCUT2D eigenvalue weighted by atomic mass is 19.4. The summed E-state index contributed by atoms with van der Waals surface area (Å²) in [5, 5.41) is 12.6. The molecule has 10 nitrogen and oxygen atoms in total. The van der Waals surface area contributed by atoms with Gasteiger partial charge in [0.1, 0.15) is 18.0 Å². The molecular formula is C25H29F3N2O8. The van der Waals surface area contributed by atoms with Gasteiger partial charge >= 0.3 is 12.1 Å². The number of alkyl halides is 3. The number of hydrogen-bond acceptors (Lipinski definition) is 9. The van der Waals surface area contributed by atoms with E-state index in [4.69, 9.17) is 23.7 Å². The highest BCUT2D eigenvalue weighted by Crippen LogP contribution is 2.31. The molecule has 38 heavy (non-hydrogen) atoms. The average molecular weight is 543 g/mol. The van der Waals surface area contributed by atoms with Crippen LogP contribution in [0.5, 0.6) is 17.2 Å². The lowest BCUT2D eigenvalue weighted by Gasteiger charge is -2.31. The van der Waals surface area contributed by atoms with Crippen molar-refractivity contribution in [2.24, 2.45) is 0 Å². The first kappa shape index (κ1) is 29.0. The minimum absolute atomic E-state index is 0.0197. The highest BCUT2D eigenvalue weighted by molar-refractivity contribution is 5.98. The number of halogens is 3. The zero-order valence-corrected chi connectivity index (χ0v) is 21.0. The zero-order valence-electron chi connectivity index (χ0n) is 21.0. The monoisotopic (exact) mass is 542 g/mol. The van der Waals surface area contributed by atoms with Crippen LogP contribution in [0.25, 0.3) is 0 Å². The van der Waals surface area contributed by atoms with Crippen LogP contribution in [-0.4, -0.2) is 73.3 Å². The molecule has 2 heterocycles. The molecule has 0 saturated carbocycles. The van der Waals surface area contributed by atoms with Gasteiger partial charge in [0.05, 0.1) is 25.9 Å². The molecule has 0 bridgehead atoms. The van der Waals surface area contributed by atoms with Crippen molar-refractivity contribution in [3.63, 3.8) is 0 Å². The van der Waals surface area contributed by atoms with Crippen LogP contribution in [0.3, 0.4) is 0 Å². The summed E-state index contributed by atoms with van der Waals surface area (Å²) < 4.78 is 66.8. The van der Waals surface area contributed by atoms with E-state index in [0.717, 1.165) is 12.1 Å². The summed E-state index contributed by atoms with van der Waals surface area (Å²) in [7, 11) is 1.31. The van der Waals surface area contributed by atoms with Crippen molar-refractivity contribution in [1.82, 2.24) is 10.3 Å². The van der Waals surface area contributed by atoms with Gasteiger partial charge in [-0.1, -0.05) is 6.92 Å². The van der Waals surface area contributed by atoms with Crippen molar-refractivity contribution < 1.29 is 51.6 Å². The fourth-order valence-corrected chi connectivity index (χ4v) is 3.66. The summed E-state index contributed by atoms with van der Waals surface area (Å²) >= 11 is 0. The Morgan fingerprint density at radius 3 is 2.55 bits per heavy atom. The number of hydrogen-bond donors (Lipinski definition) is 2. The molecule has 2 N–H and O–H groups in total. The predicted octanol–water partition coefficient (Wildman–Crippen LogP) is 3.12. The Morgan fingerprint density at radius 2 is 1.92 bits per heavy atom. The summed E-state index contributed by atoms with van der Waals surface area (Å²) in [4.78, 5) is 29.5. The minimum atomic E-state index is -4.50. The van der Waals surface area contributed by atoms with Gasteiger partial charge in [-0.25, -0.2) is 9.78 Å². The lowest BCUT2D eigenvalue weighted by molar-refractivity contribution is -0.158. The van der Waals surface area contributed by atoms with E-state index in [1.54, 1.807) is 0 Å². The van der Waals surface area contributed by atoms with Gasteiger partial charge < -0.3 is 34.1 Å². The summed E-state index contributed by atoms with van der Waals surface area (Å²) in [6, 6.07) is 4.18. The van der Waals surface area contributed by atoms with Crippen LogP contribution in [0.1, 0.15) is 36.3 Å². The second-order valence-electron chi connectivity index (χ2n) is 8.43. The molecule has 1 saturated heterocycles. The number of methoxy groups -OCH3 is 1. The number of esters is 1. The number of nitrogens with zero attached hydrogens (tertiary/aromatic N) is 1. The molecule has 0 aliphatic carbocycles. The number of cyclic esters (lactones) is 1. The van der Waals surface area contributed by atoms with Crippen LogP contribution < -0.4 is 14.8 Å². The molecule has 1 aliphatic heterocycles. The number of rotatable bonds is 8. The summed E-state index contributed by atoms with van der Waals surface area (Å²) in [5.41, 5.74) is -1.20. The first-order valence-electron chi connectivity index (χ1n) is 11.8. The van der Waals surface area contributed by atoms with Gasteiger partial charge in [-0.2, -0.15) is 13.2 Å². The van der Waals surface area contributed by atoms with Crippen molar-refractivity contribution >= 4 is 11.9 Å². The van der Waals surface area contributed by atoms with Crippen molar-refractivity contribution in [2.45, 2.75) is 50.8 Å². The lowest BCUT2D eigenvalue weighted by Crippen LogP contribution is -2.48. The van der Waals surface area contributed by atoms with Gasteiger partial charge in [0.15, 0.2) is 29.3 Å². The summed E-state index contributed by atoms with van der Waals surface area (Å²) in [5.74, 6) is -2.09. The van der Waals surface area contributed by atoms with Gasteiger partial charge in [0.2, 0.25) is 0 Å². The Kier molecular flexibility index (Phi) is 9.75. The first-order valence-corrected chi connectivity index (χ1v) is 11.8. The molecule has 208 valence electrons. The number of amides is 1. The maximum absolute atomic E-state index is 12.9. The van der Waals surface area contributed by atoms with E-state index in [-0.39, 0.29) is 30.4 Å². The molecule has 1 amide bonds. The minimum Gasteiger partial charge on any atom is -0.503 e. The second kappa shape index (κ2) is 12.8. The van der Waals surface area contributed by atoms with E-state index in [1.165, 1.54) is 38.4 Å². The van der Waals surface area contributed by atoms with Gasteiger partial charge in [0.25, 0.3) is 5.91 Å². The Bertz CT molecular complexity index is 1100. The standard InChI is InChI=1S/C25H29F3N2O8/c1-4-11-36-19-13-35-12-17(30-23(32)20-21(31)18(34-3)9-10-29-20)24(33)37-14(2)22(19)38-16-7-5-15(6-8-16)25(26,27)28/h5-10,14,17,19,22,31H,4,11-13H2,1-3H3,(H,30,32). The van der Waals surface area contributed by atoms with E-state index in [2.05, 4.69) is 10.3 Å². The topological polar surface area (TPSA) is 125 Å². The van der Waals surface area contributed by atoms with Crippen LogP contribution in [0.2, 0.25) is 0 Å². The molecule has 3 rings (SSSR count). The number of aromatic hydroxyl groups is 1. The van der Waals surface area contributed by atoms with Crippen LogP contribution in [0, 0.1) is 0 Å². The molecule has 13 heteroatoms. The SMILES string of the molecule is CCCOC1COCC(NC(=O)c2nccc(OC)c2O)C(=O)OC(C)C1Oc1ccc(C(F)(F)F)cc1. The highest BCUT2D eigenvalue weighted by Gasteiger charge is 2.37. The van der Waals surface area contributed by atoms with Crippen LogP contribution in [0.15, 0.2) is 36.5 Å². The Labute approximate surface area is 217 Å². The van der Waals surface area contributed by atoms with E-state index in [0.29, 0.717) is 13.0 Å². The third-order valence-corrected chi connectivity index (χ3v) is 5.60. The molecule has 2 aromatic rings. The maximum atomic E-state index is 12.9. The van der Waals surface area contributed by atoms with E-state index < -0.39 is 53.7 Å². The molecule has 1 aromatic carbocycles. The molecule has 4 atom stereocenters. The van der Waals surface area contributed by atoms with Crippen molar-refractivity contribution in [3.05, 3.63) is 47.8 Å². The van der Waals surface area contributed by atoms with E-state index in [1.807, 2.05) is 6.92 Å². The van der Waals surface area contributed by atoms with E-state index in [9.17, 15) is 27.9 Å². The fraction of sp³-hybridized carbons (Fsp3) is 0.480. The van der Waals surface area contributed by atoms with Gasteiger partial charge in [-0.15, -0.1) is 0 Å². The molecule has 1 aliphatic rings. The number of benzene rings is 1. The molecule has 0 spiro atoms. The molecule has 1 fully saturated rings. The molecule has 0 radical (unpaired) electrons.